The second-order valence-electron chi connectivity index (χ2n) is 6.40. The number of rotatable bonds is 7. The van der Waals surface area contributed by atoms with Gasteiger partial charge in [-0.15, -0.1) is 11.3 Å². The fourth-order valence-corrected chi connectivity index (χ4v) is 3.95. The lowest BCUT2D eigenvalue weighted by molar-refractivity contribution is 0.120. The highest BCUT2D eigenvalue weighted by atomic mass is 32.1. The molecule has 3 rings (SSSR count). The predicted molar refractivity (Wildman–Crippen MR) is 104 cm³/mol. The Bertz CT molecular complexity index is 727. The van der Waals surface area contributed by atoms with Crippen LogP contribution in [0.15, 0.2) is 17.5 Å². The van der Waals surface area contributed by atoms with E-state index in [1.54, 1.807) is 32.7 Å². The molecule has 0 radical (unpaired) electrons. The van der Waals surface area contributed by atoms with E-state index in [0.29, 0.717) is 11.5 Å². The molecule has 0 atom stereocenters. The van der Waals surface area contributed by atoms with Gasteiger partial charge in [0.15, 0.2) is 11.5 Å². The Labute approximate surface area is 159 Å². The summed E-state index contributed by atoms with van der Waals surface area (Å²) in [5.41, 5.74) is 2.30. The van der Waals surface area contributed by atoms with Crippen LogP contribution in [0.5, 0.6) is 17.2 Å². The standard InChI is InChI=1S/C19H27N3O3S/c1-14-20-16(13-26-14)12-22-9-7-21(8-10-22)11-15-5-6-17(23-2)19(25-4)18(15)24-3/h5-6,13H,7-12H2,1-4H3. The van der Waals surface area contributed by atoms with Crippen molar-refractivity contribution in [3.05, 3.63) is 33.8 Å². The third-order valence-corrected chi connectivity index (χ3v) is 5.52. The lowest BCUT2D eigenvalue weighted by atomic mass is 10.1. The first-order valence-electron chi connectivity index (χ1n) is 8.78. The topological polar surface area (TPSA) is 47.1 Å². The van der Waals surface area contributed by atoms with Gasteiger partial charge >= 0.3 is 0 Å². The van der Waals surface area contributed by atoms with Crippen LogP contribution in [-0.2, 0) is 13.1 Å². The number of hydrogen-bond donors (Lipinski definition) is 0. The van der Waals surface area contributed by atoms with Crippen LogP contribution < -0.4 is 14.2 Å². The van der Waals surface area contributed by atoms with E-state index in [-0.39, 0.29) is 0 Å². The fourth-order valence-electron chi connectivity index (χ4n) is 3.34. The average molecular weight is 378 g/mol. The van der Waals surface area contributed by atoms with Gasteiger partial charge in [-0.1, -0.05) is 6.07 Å². The number of methoxy groups -OCH3 is 3. The summed E-state index contributed by atoms with van der Waals surface area (Å²) in [4.78, 5) is 9.49. The van der Waals surface area contributed by atoms with Crippen molar-refractivity contribution in [1.82, 2.24) is 14.8 Å². The van der Waals surface area contributed by atoms with Crippen molar-refractivity contribution < 1.29 is 14.2 Å². The third kappa shape index (κ3) is 4.28. The first-order chi connectivity index (χ1) is 12.6. The maximum absolute atomic E-state index is 5.60. The SMILES string of the molecule is COc1ccc(CN2CCN(Cc3csc(C)n3)CC2)c(OC)c1OC. The van der Waals surface area contributed by atoms with Crippen LogP contribution in [0.1, 0.15) is 16.3 Å². The number of nitrogens with zero attached hydrogens (tertiary/aromatic N) is 3. The highest BCUT2D eigenvalue weighted by molar-refractivity contribution is 7.09. The first-order valence-corrected chi connectivity index (χ1v) is 9.66. The molecule has 26 heavy (non-hydrogen) atoms. The predicted octanol–water partition coefficient (Wildman–Crippen LogP) is 2.80. The van der Waals surface area contributed by atoms with Crippen LogP contribution in [-0.4, -0.2) is 62.3 Å². The molecule has 1 aliphatic rings. The van der Waals surface area contributed by atoms with Crippen LogP contribution >= 0.6 is 11.3 Å². The number of aromatic nitrogens is 1. The summed E-state index contributed by atoms with van der Waals surface area (Å²) in [6.45, 7) is 7.99. The van der Waals surface area contributed by atoms with E-state index < -0.39 is 0 Å². The van der Waals surface area contributed by atoms with Gasteiger partial charge in [-0.2, -0.15) is 0 Å². The molecule has 0 spiro atoms. The fraction of sp³-hybridized carbons (Fsp3) is 0.526. The van der Waals surface area contributed by atoms with Crippen molar-refractivity contribution in [2.75, 3.05) is 47.5 Å². The number of ether oxygens (including phenoxy) is 3. The van der Waals surface area contributed by atoms with E-state index in [1.807, 2.05) is 6.07 Å². The number of thiazole rings is 1. The van der Waals surface area contributed by atoms with Gasteiger partial charge in [0.1, 0.15) is 0 Å². The molecule has 1 aromatic carbocycles. The van der Waals surface area contributed by atoms with E-state index in [2.05, 4.69) is 33.2 Å². The molecule has 6 nitrogen and oxygen atoms in total. The van der Waals surface area contributed by atoms with Gasteiger partial charge < -0.3 is 14.2 Å². The Balaban J connectivity index is 1.60. The summed E-state index contributed by atoms with van der Waals surface area (Å²) in [7, 11) is 4.96. The van der Waals surface area contributed by atoms with Crippen LogP contribution in [0.4, 0.5) is 0 Å². The molecule has 1 aliphatic heterocycles. The Morgan fingerprint density at radius 3 is 2.12 bits per heavy atom. The third-order valence-electron chi connectivity index (χ3n) is 4.70. The van der Waals surface area contributed by atoms with Crippen molar-refractivity contribution in [1.29, 1.82) is 0 Å². The summed E-state index contributed by atoms with van der Waals surface area (Å²) in [6.07, 6.45) is 0. The quantitative estimate of drug-likeness (QED) is 0.739. The Morgan fingerprint density at radius 2 is 1.58 bits per heavy atom. The monoisotopic (exact) mass is 377 g/mol. The second kappa shape index (κ2) is 8.70. The van der Waals surface area contributed by atoms with Crippen molar-refractivity contribution in [2.24, 2.45) is 0 Å². The number of hydrogen-bond acceptors (Lipinski definition) is 7. The number of piperazine rings is 1. The van der Waals surface area contributed by atoms with Crippen LogP contribution in [0.3, 0.4) is 0 Å². The van der Waals surface area contributed by atoms with E-state index in [9.17, 15) is 0 Å². The van der Waals surface area contributed by atoms with E-state index in [0.717, 1.165) is 55.6 Å². The van der Waals surface area contributed by atoms with Crippen molar-refractivity contribution >= 4 is 11.3 Å². The van der Waals surface area contributed by atoms with Gasteiger partial charge in [0.2, 0.25) is 5.75 Å². The number of aryl methyl sites for hydroxylation is 1. The maximum atomic E-state index is 5.60. The number of benzene rings is 1. The molecule has 142 valence electrons. The van der Waals surface area contributed by atoms with Crippen LogP contribution in [0.2, 0.25) is 0 Å². The maximum Gasteiger partial charge on any atom is 0.203 e. The molecule has 0 N–H and O–H groups in total. The normalized spacial score (nSPS) is 15.8. The van der Waals surface area contributed by atoms with Gasteiger partial charge in [-0.3, -0.25) is 9.80 Å². The van der Waals surface area contributed by atoms with Gasteiger partial charge in [0.25, 0.3) is 0 Å². The van der Waals surface area contributed by atoms with Gasteiger partial charge in [0.05, 0.1) is 32.0 Å². The van der Waals surface area contributed by atoms with Gasteiger partial charge in [-0.05, 0) is 13.0 Å². The second-order valence-corrected chi connectivity index (χ2v) is 7.47. The van der Waals surface area contributed by atoms with E-state index in [4.69, 9.17) is 14.2 Å². The highest BCUT2D eigenvalue weighted by Crippen LogP contribution is 2.40. The summed E-state index contributed by atoms with van der Waals surface area (Å²) < 4.78 is 16.5. The van der Waals surface area contributed by atoms with E-state index in [1.165, 1.54) is 5.69 Å². The molecule has 7 heteroatoms. The lowest BCUT2D eigenvalue weighted by Crippen LogP contribution is -2.45. The summed E-state index contributed by atoms with van der Waals surface area (Å²) in [6, 6.07) is 4.00. The molecular formula is C19H27N3O3S. The van der Waals surface area contributed by atoms with Crippen molar-refractivity contribution in [3.63, 3.8) is 0 Å². The van der Waals surface area contributed by atoms with Crippen LogP contribution in [0.25, 0.3) is 0 Å². The Hall–Kier alpha value is -1.83. The van der Waals surface area contributed by atoms with Gasteiger partial charge in [0, 0.05) is 50.2 Å². The average Bonchev–Trinajstić information content (AvgIpc) is 3.07. The first kappa shape index (κ1) is 18.9. The minimum atomic E-state index is 0.657. The molecule has 0 amide bonds. The molecule has 2 aromatic rings. The zero-order valence-corrected chi connectivity index (χ0v) is 16.8. The molecule has 0 unspecified atom stereocenters. The van der Waals surface area contributed by atoms with Gasteiger partial charge in [-0.25, -0.2) is 4.98 Å². The highest BCUT2D eigenvalue weighted by Gasteiger charge is 2.21. The smallest absolute Gasteiger partial charge is 0.203 e. The lowest BCUT2D eigenvalue weighted by Gasteiger charge is -2.34. The van der Waals surface area contributed by atoms with Crippen LogP contribution in [0, 0.1) is 6.92 Å². The molecule has 0 bridgehead atoms. The molecule has 1 fully saturated rings. The minimum Gasteiger partial charge on any atom is -0.493 e. The molecule has 2 heterocycles. The van der Waals surface area contributed by atoms with E-state index >= 15 is 0 Å². The molecule has 0 saturated carbocycles. The summed E-state index contributed by atoms with van der Waals surface area (Å²) in [5.74, 6) is 2.11. The summed E-state index contributed by atoms with van der Waals surface area (Å²) >= 11 is 1.72. The molecule has 0 aliphatic carbocycles. The Morgan fingerprint density at radius 1 is 0.923 bits per heavy atom. The molecular weight excluding hydrogens is 350 g/mol. The minimum absolute atomic E-state index is 0.657. The van der Waals surface area contributed by atoms with Crippen molar-refractivity contribution in [3.8, 4) is 17.2 Å². The zero-order chi connectivity index (χ0) is 18.5. The Kier molecular flexibility index (Phi) is 6.34. The molecule has 1 aromatic heterocycles. The van der Waals surface area contributed by atoms with Crippen molar-refractivity contribution in [2.45, 2.75) is 20.0 Å². The largest absolute Gasteiger partial charge is 0.493 e. The molecule has 1 saturated heterocycles. The summed E-state index contributed by atoms with van der Waals surface area (Å²) in [5, 5.41) is 3.30. The zero-order valence-electron chi connectivity index (χ0n) is 15.9.